The molecule has 1 unspecified atom stereocenters. The topological polar surface area (TPSA) is 64.3 Å². The van der Waals surface area contributed by atoms with Crippen molar-refractivity contribution < 1.29 is 4.74 Å². The van der Waals surface area contributed by atoms with Gasteiger partial charge in [0.15, 0.2) is 5.65 Å². The molecule has 1 aromatic carbocycles. The van der Waals surface area contributed by atoms with Crippen LogP contribution in [0.15, 0.2) is 18.3 Å². The minimum Gasteiger partial charge on any atom is -0.384 e. The molecule has 0 fully saturated rings. The second kappa shape index (κ2) is 7.96. The van der Waals surface area contributed by atoms with Gasteiger partial charge in [-0.05, 0) is 25.5 Å². The minimum atomic E-state index is 0.197. The van der Waals surface area contributed by atoms with Crippen molar-refractivity contribution in [2.24, 2.45) is 0 Å². The Morgan fingerprint density at radius 1 is 1.19 bits per heavy atom. The minimum absolute atomic E-state index is 0.197. The van der Waals surface area contributed by atoms with Gasteiger partial charge in [-0.3, -0.25) is 0 Å². The fraction of sp³-hybridized carbons (Fsp3) is 0.353. The highest BCUT2D eigenvalue weighted by Gasteiger charge is 2.19. The first-order chi connectivity index (χ1) is 12.4. The third-order valence-electron chi connectivity index (χ3n) is 4.05. The average molecular weight is 415 g/mol. The lowest BCUT2D eigenvalue weighted by Crippen LogP contribution is -2.09. The number of nitrogens with one attached hydrogen (secondary N) is 1. The molecule has 0 aliphatic carbocycles. The van der Waals surface area contributed by atoms with Crippen molar-refractivity contribution in [2.45, 2.75) is 26.2 Å². The fourth-order valence-corrected chi connectivity index (χ4v) is 3.68. The number of aromatic nitrogens is 4. The smallest absolute Gasteiger partial charge is 0.232 e. The van der Waals surface area contributed by atoms with Crippen molar-refractivity contribution in [1.29, 1.82) is 0 Å². The molecule has 0 amide bonds. The maximum atomic E-state index is 6.27. The number of benzene rings is 1. The molecule has 0 bridgehead atoms. The highest BCUT2D eigenvalue weighted by atomic mass is 35.5. The molecule has 138 valence electrons. The Hall–Kier alpha value is -1.60. The van der Waals surface area contributed by atoms with Crippen LogP contribution in [-0.4, -0.2) is 33.3 Å². The van der Waals surface area contributed by atoms with Gasteiger partial charge < -0.3 is 10.1 Å². The van der Waals surface area contributed by atoms with E-state index in [-0.39, 0.29) is 5.92 Å². The number of hydrogen-bond acceptors (Lipinski definition) is 5. The molecule has 0 saturated carbocycles. The summed E-state index contributed by atoms with van der Waals surface area (Å²) in [5.41, 5.74) is 2.25. The fourth-order valence-electron chi connectivity index (χ4n) is 2.77. The third kappa shape index (κ3) is 3.74. The van der Waals surface area contributed by atoms with Crippen molar-refractivity contribution >= 4 is 52.1 Å². The molecule has 2 heterocycles. The summed E-state index contributed by atoms with van der Waals surface area (Å²) in [7, 11) is 1.69. The van der Waals surface area contributed by atoms with Crippen molar-refractivity contribution in [2.75, 3.05) is 19.0 Å². The Morgan fingerprint density at radius 3 is 2.50 bits per heavy atom. The van der Waals surface area contributed by atoms with E-state index < -0.39 is 0 Å². The highest BCUT2D eigenvalue weighted by Crippen LogP contribution is 2.35. The molecular formula is C17H18Cl3N5O. The van der Waals surface area contributed by atoms with Gasteiger partial charge in [0.1, 0.15) is 5.82 Å². The lowest BCUT2D eigenvalue weighted by atomic mass is 10.0. The zero-order chi connectivity index (χ0) is 18.8. The Bertz CT molecular complexity index is 921. The highest BCUT2D eigenvalue weighted by molar-refractivity contribution is 6.41. The number of anilines is 2. The van der Waals surface area contributed by atoms with Crippen LogP contribution in [0, 0.1) is 6.92 Å². The van der Waals surface area contributed by atoms with E-state index in [1.54, 1.807) is 30.0 Å². The summed E-state index contributed by atoms with van der Waals surface area (Å²) in [6, 6.07) is 3.23. The molecule has 1 N–H and O–H groups in total. The number of methoxy groups -OCH3 is 1. The molecule has 9 heteroatoms. The first-order valence-electron chi connectivity index (χ1n) is 8.07. The Morgan fingerprint density at radius 2 is 1.88 bits per heavy atom. The molecular weight excluding hydrogens is 397 g/mol. The maximum Gasteiger partial charge on any atom is 0.232 e. The summed E-state index contributed by atoms with van der Waals surface area (Å²) in [5.74, 6) is 1.27. The van der Waals surface area contributed by atoms with Crippen LogP contribution in [0.1, 0.15) is 30.7 Å². The molecule has 26 heavy (non-hydrogen) atoms. The zero-order valence-corrected chi connectivity index (χ0v) is 16.8. The summed E-state index contributed by atoms with van der Waals surface area (Å²) >= 11 is 18.5. The zero-order valence-electron chi connectivity index (χ0n) is 14.6. The van der Waals surface area contributed by atoms with Gasteiger partial charge in [0.05, 0.1) is 28.5 Å². The summed E-state index contributed by atoms with van der Waals surface area (Å²) < 4.78 is 6.96. The number of ether oxygens (including phenoxy) is 1. The van der Waals surface area contributed by atoms with Crippen molar-refractivity contribution in [3.63, 3.8) is 0 Å². The summed E-state index contributed by atoms with van der Waals surface area (Å²) in [4.78, 5) is 9.00. The van der Waals surface area contributed by atoms with Crippen LogP contribution in [0.25, 0.3) is 5.65 Å². The van der Waals surface area contributed by atoms with Crippen molar-refractivity contribution in [3.05, 3.63) is 44.8 Å². The van der Waals surface area contributed by atoms with Gasteiger partial charge in [0, 0.05) is 23.6 Å². The molecule has 0 spiro atoms. The predicted molar refractivity (Wildman–Crippen MR) is 105 cm³/mol. The SMILES string of the molecule is CCC(COC)c1cnn2c(Nc3c(Cl)cc(Cl)cc3Cl)nc(C)nc12. The Labute approximate surface area is 166 Å². The van der Waals surface area contributed by atoms with Crippen molar-refractivity contribution in [3.8, 4) is 0 Å². The monoisotopic (exact) mass is 413 g/mol. The largest absolute Gasteiger partial charge is 0.384 e. The Kier molecular flexibility index (Phi) is 5.87. The number of fused-ring (bicyclic) bond motifs is 1. The van der Waals surface area contributed by atoms with Gasteiger partial charge in [0.25, 0.3) is 0 Å². The molecule has 0 aliphatic rings. The van der Waals surface area contributed by atoms with Crippen LogP contribution < -0.4 is 5.32 Å². The molecule has 1 atom stereocenters. The second-order valence-electron chi connectivity index (χ2n) is 5.86. The van der Waals surface area contributed by atoms with E-state index in [1.807, 2.05) is 6.92 Å². The van der Waals surface area contributed by atoms with E-state index in [1.165, 1.54) is 0 Å². The van der Waals surface area contributed by atoms with Crippen LogP contribution >= 0.6 is 34.8 Å². The van der Waals surface area contributed by atoms with E-state index >= 15 is 0 Å². The van der Waals surface area contributed by atoms with Gasteiger partial charge in [-0.1, -0.05) is 41.7 Å². The van der Waals surface area contributed by atoms with E-state index in [9.17, 15) is 0 Å². The first kappa shape index (κ1) is 19.2. The molecule has 0 aliphatic heterocycles. The lowest BCUT2D eigenvalue weighted by molar-refractivity contribution is 0.178. The second-order valence-corrected chi connectivity index (χ2v) is 7.11. The van der Waals surface area contributed by atoms with Crippen molar-refractivity contribution in [1.82, 2.24) is 19.6 Å². The number of aryl methyl sites for hydroxylation is 1. The van der Waals surface area contributed by atoms with Gasteiger partial charge in [-0.15, -0.1) is 0 Å². The predicted octanol–water partition coefficient (Wildman–Crippen LogP) is 5.28. The van der Waals surface area contributed by atoms with Crippen LogP contribution in [0.4, 0.5) is 11.6 Å². The summed E-state index contributed by atoms with van der Waals surface area (Å²) in [6.45, 7) is 4.52. The number of nitrogens with zero attached hydrogens (tertiary/aromatic N) is 4. The van der Waals surface area contributed by atoms with Gasteiger partial charge in [0.2, 0.25) is 5.95 Å². The number of halogens is 3. The molecule has 0 radical (unpaired) electrons. The summed E-state index contributed by atoms with van der Waals surface area (Å²) in [6.07, 6.45) is 2.71. The molecule has 2 aromatic heterocycles. The Balaban J connectivity index is 2.09. The van der Waals surface area contributed by atoms with Gasteiger partial charge in [-0.25, -0.2) is 4.98 Å². The average Bonchev–Trinajstić information content (AvgIpc) is 2.99. The summed E-state index contributed by atoms with van der Waals surface area (Å²) in [5, 5.41) is 8.84. The van der Waals surface area contributed by atoms with E-state index in [0.29, 0.717) is 39.1 Å². The van der Waals surface area contributed by atoms with Crippen LogP contribution in [-0.2, 0) is 4.74 Å². The van der Waals surface area contributed by atoms with Gasteiger partial charge >= 0.3 is 0 Å². The first-order valence-corrected chi connectivity index (χ1v) is 9.20. The standard InChI is InChI=1S/C17H18Cl3N5O/c1-4-10(8-26-3)12-7-21-25-16(12)22-9(2)23-17(25)24-15-13(19)5-11(18)6-14(15)20/h5-7,10H,4,8H2,1-3H3,(H,22,23,24). The normalized spacial score (nSPS) is 12.5. The molecule has 6 nitrogen and oxygen atoms in total. The molecule has 3 aromatic rings. The quantitative estimate of drug-likeness (QED) is 0.595. The third-order valence-corrected chi connectivity index (χ3v) is 4.87. The van der Waals surface area contributed by atoms with E-state index in [2.05, 4.69) is 27.3 Å². The van der Waals surface area contributed by atoms with Gasteiger partial charge in [-0.2, -0.15) is 14.6 Å². The lowest BCUT2D eigenvalue weighted by Gasteiger charge is -2.14. The van der Waals surface area contributed by atoms with E-state index in [0.717, 1.165) is 17.6 Å². The van der Waals surface area contributed by atoms with E-state index in [4.69, 9.17) is 39.5 Å². The molecule has 3 rings (SSSR count). The maximum absolute atomic E-state index is 6.27. The number of hydrogen-bond donors (Lipinski definition) is 1. The van der Waals surface area contributed by atoms with Crippen LogP contribution in [0.2, 0.25) is 15.1 Å². The van der Waals surface area contributed by atoms with Crippen LogP contribution in [0.5, 0.6) is 0 Å². The molecule has 0 saturated heterocycles. The number of rotatable bonds is 6. The van der Waals surface area contributed by atoms with Crippen LogP contribution in [0.3, 0.4) is 0 Å².